The lowest BCUT2D eigenvalue weighted by molar-refractivity contribution is 0.0606. The average Bonchev–Trinajstić information content (AvgIpc) is 2.41. The van der Waals surface area contributed by atoms with Crippen LogP contribution in [0.5, 0.6) is 0 Å². The van der Waals surface area contributed by atoms with E-state index in [1.165, 1.54) is 24.8 Å². The topological polar surface area (TPSA) is 20.3 Å². The summed E-state index contributed by atoms with van der Waals surface area (Å²) < 4.78 is 1.06. The molecular formula is C12H12BrNO. The van der Waals surface area contributed by atoms with Gasteiger partial charge in [-0.05, 0) is 43.0 Å². The maximum Gasteiger partial charge on any atom is 0.254 e. The summed E-state index contributed by atoms with van der Waals surface area (Å²) >= 11 is 3.44. The molecule has 2 aliphatic rings. The van der Waals surface area contributed by atoms with E-state index in [1.54, 1.807) is 0 Å². The number of carbonyl (C=O) groups excluding carboxylic acids is 1. The zero-order chi connectivity index (χ0) is 10.4. The van der Waals surface area contributed by atoms with Crippen LogP contribution in [0, 0.1) is 0 Å². The molecule has 78 valence electrons. The van der Waals surface area contributed by atoms with Crippen LogP contribution in [-0.4, -0.2) is 16.8 Å². The fourth-order valence-electron chi connectivity index (χ4n) is 2.31. The molecular weight excluding hydrogens is 254 g/mol. The number of hydrogen-bond donors (Lipinski definition) is 0. The molecule has 1 aromatic carbocycles. The van der Waals surface area contributed by atoms with E-state index >= 15 is 0 Å². The lowest BCUT2D eigenvalue weighted by Crippen LogP contribution is -2.40. The quantitative estimate of drug-likeness (QED) is 0.765. The Morgan fingerprint density at radius 2 is 2.13 bits per heavy atom. The van der Waals surface area contributed by atoms with Crippen molar-refractivity contribution < 1.29 is 4.79 Å². The first-order valence-corrected chi connectivity index (χ1v) is 6.14. The van der Waals surface area contributed by atoms with Gasteiger partial charge in [0, 0.05) is 22.6 Å². The Balaban J connectivity index is 1.94. The van der Waals surface area contributed by atoms with Gasteiger partial charge in [-0.1, -0.05) is 15.9 Å². The van der Waals surface area contributed by atoms with Gasteiger partial charge in [0.25, 0.3) is 5.91 Å². The van der Waals surface area contributed by atoms with E-state index < -0.39 is 0 Å². The number of amides is 1. The summed E-state index contributed by atoms with van der Waals surface area (Å²) in [5.74, 6) is 0.224. The molecule has 15 heavy (non-hydrogen) atoms. The molecule has 0 saturated heterocycles. The van der Waals surface area contributed by atoms with Crippen LogP contribution in [0.15, 0.2) is 22.7 Å². The van der Waals surface area contributed by atoms with Crippen molar-refractivity contribution in [1.29, 1.82) is 0 Å². The van der Waals surface area contributed by atoms with Crippen molar-refractivity contribution in [3.8, 4) is 0 Å². The molecule has 0 spiro atoms. The molecule has 1 aliphatic carbocycles. The van der Waals surface area contributed by atoms with Crippen molar-refractivity contribution in [1.82, 2.24) is 4.90 Å². The minimum absolute atomic E-state index is 0.224. The van der Waals surface area contributed by atoms with Gasteiger partial charge in [-0.2, -0.15) is 0 Å². The lowest BCUT2D eigenvalue weighted by atomic mass is 9.92. The number of carbonyl (C=O) groups is 1. The van der Waals surface area contributed by atoms with Crippen LogP contribution in [0.25, 0.3) is 0 Å². The maximum absolute atomic E-state index is 12.1. The smallest absolute Gasteiger partial charge is 0.254 e. The van der Waals surface area contributed by atoms with Gasteiger partial charge < -0.3 is 4.90 Å². The van der Waals surface area contributed by atoms with Crippen LogP contribution in [-0.2, 0) is 6.54 Å². The number of hydrogen-bond acceptors (Lipinski definition) is 1. The van der Waals surface area contributed by atoms with E-state index in [0.29, 0.717) is 6.04 Å². The van der Waals surface area contributed by atoms with Crippen molar-refractivity contribution in [3.05, 3.63) is 33.8 Å². The fraction of sp³-hybridized carbons (Fsp3) is 0.417. The summed E-state index contributed by atoms with van der Waals surface area (Å²) in [4.78, 5) is 14.1. The Hall–Kier alpha value is -0.830. The zero-order valence-corrected chi connectivity index (χ0v) is 9.96. The summed E-state index contributed by atoms with van der Waals surface area (Å²) in [6.45, 7) is 0.804. The first-order chi connectivity index (χ1) is 7.25. The SMILES string of the molecule is O=C1c2ccc(Br)cc2CN1C1CCC1. The van der Waals surface area contributed by atoms with E-state index in [1.807, 2.05) is 17.0 Å². The van der Waals surface area contributed by atoms with Gasteiger partial charge >= 0.3 is 0 Å². The highest BCUT2D eigenvalue weighted by Crippen LogP contribution is 2.33. The molecule has 0 aromatic heterocycles. The fourth-order valence-corrected chi connectivity index (χ4v) is 2.71. The second-order valence-corrected chi connectivity index (χ2v) is 5.23. The predicted octanol–water partition coefficient (Wildman–Crippen LogP) is 2.96. The van der Waals surface area contributed by atoms with Gasteiger partial charge in [-0.15, -0.1) is 0 Å². The third-order valence-electron chi connectivity index (χ3n) is 3.41. The van der Waals surface area contributed by atoms with Gasteiger partial charge in [-0.3, -0.25) is 4.79 Å². The minimum atomic E-state index is 0.224. The number of halogens is 1. The van der Waals surface area contributed by atoms with Crippen molar-refractivity contribution >= 4 is 21.8 Å². The van der Waals surface area contributed by atoms with Crippen LogP contribution in [0.1, 0.15) is 35.2 Å². The Morgan fingerprint density at radius 1 is 1.33 bits per heavy atom. The van der Waals surface area contributed by atoms with Crippen LogP contribution in [0.3, 0.4) is 0 Å². The van der Waals surface area contributed by atoms with Crippen LogP contribution in [0.2, 0.25) is 0 Å². The summed E-state index contributed by atoms with van der Waals surface area (Å²) in [6, 6.07) is 6.44. The third kappa shape index (κ3) is 1.41. The Labute approximate surface area is 97.4 Å². The van der Waals surface area contributed by atoms with Gasteiger partial charge in [0.1, 0.15) is 0 Å². The monoisotopic (exact) mass is 265 g/mol. The van der Waals surface area contributed by atoms with Gasteiger partial charge in [0.2, 0.25) is 0 Å². The third-order valence-corrected chi connectivity index (χ3v) is 3.91. The molecule has 1 heterocycles. The van der Waals surface area contributed by atoms with Gasteiger partial charge in [0.05, 0.1) is 0 Å². The predicted molar refractivity (Wildman–Crippen MR) is 61.7 cm³/mol. The van der Waals surface area contributed by atoms with E-state index in [9.17, 15) is 4.79 Å². The van der Waals surface area contributed by atoms with Gasteiger partial charge in [0.15, 0.2) is 0 Å². The molecule has 0 bridgehead atoms. The van der Waals surface area contributed by atoms with Gasteiger partial charge in [-0.25, -0.2) is 0 Å². The molecule has 1 saturated carbocycles. The highest BCUT2D eigenvalue weighted by Gasteiger charge is 2.35. The second-order valence-electron chi connectivity index (χ2n) is 4.32. The first-order valence-electron chi connectivity index (χ1n) is 5.35. The molecule has 1 amide bonds. The van der Waals surface area contributed by atoms with Crippen molar-refractivity contribution in [2.24, 2.45) is 0 Å². The van der Waals surface area contributed by atoms with Crippen molar-refractivity contribution in [3.63, 3.8) is 0 Å². The van der Waals surface area contributed by atoms with Crippen LogP contribution >= 0.6 is 15.9 Å². The summed E-state index contributed by atoms with van der Waals surface area (Å²) in [7, 11) is 0. The molecule has 1 aliphatic heterocycles. The largest absolute Gasteiger partial charge is 0.331 e. The molecule has 0 N–H and O–H groups in total. The summed E-state index contributed by atoms with van der Waals surface area (Å²) in [5, 5.41) is 0. The summed E-state index contributed by atoms with van der Waals surface area (Å²) in [6.07, 6.45) is 3.64. The maximum atomic E-state index is 12.1. The molecule has 1 aromatic rings. The number of nitrogens with zero attached hydrogens (tertiary/aromatic N) is 1. The zero-order valence-electron chi connectivity index (χ0n) is 8.37. The van der Waals surface area contributed by atoms with Crippen molar-refractivity contribution in [2.45, 2.75) is 31.8 Å². The highest BCUT2D eigenvalue weighted by atomic mass is 79.9. The standard InChI is InChI=1S/C12H12BrNO/c13-9-4-5-11-8(6-9)7-14(12(11)15)10-2-1-3-10/h4-6,10H,1-3,7H2. The molecule has 1 fully saturated rings. The van der Waals surface area contributed by atoms with Crippen molar-refractivity contribution in [2.75, 3.05) is 0 Å². The molecule has 0 unspecified atom stereocenters. The molecule has 3 rings (SSSR count). The van der Waals surface area contributed by atoms with E-state index in [4.69, 9.17) is 0 Å². The average molecular weight is 266 g/mol. The molecule has 0 atom stereocenters. The molecule has 0 radical (unpaired) electrons. The number of benzene rings is 1. The second kappa shape index (κ2) is 3.34. The highest BCUT2D eigenvalue weighted by molar-refractivity contribution is 9.10. The van der Waals surface area contributed by atoms with Crippen LogP contribution < -0.4 is 0 Å². The Bertz CT molecular complexity index is 426. The first kappa shape index (κ1) is 9.40. The Kier molecular flexibility index (Phi) is 2.09. The number of rotatable bonds is 1. The summed E-state index contributed by atoms with van der Waals surface area (Å²) in [5.41, 5.74) is 2.06. The number of fused-ring (bicyclic) bond motifs is 1. The lowest BCUT2D eigenvalue weighted by Gasteiger charge is -2.34. The molecule has 3 heteroatoms. The van der Waals surface area contributed by atoms with E-state index in [2.05, 4.69) is 22.0 Å². The molecule has 2 nitrogen and oxygen atoms in total. The Morgan fingerprint density at radius 3 is 2.80 bits per heavy atom. The minimum Gasteiger partial charge on any atom is -0.331 e. The van der Waals surface area contributed by atoms with Crippen LogP contribution in [0.4, 0.5) is 0 Å². The van der Waals surface area contributed by atoms with E-state index in [-0.39, 0.29) is 5.91 Å². The normalized spacial score (nSPS) is 20.3. The van der Waals surface area contributed by atoms with E-state index in [0.717, 1.165) is 16.6 Å².